The highest BCUT2D eigenvalue weighted by Crippen LogP contribution is 2.12. The van der Waals surface area contributed by atoms with Crippen LogP contribution in [-0.2, 0) is 10.0 Å². The first-order valence-electron chi connectivity index (χ1n) is 5.42. The van der Waals surface area contributed by atoms with Crippen LogP contribution >= 0.6 is 0 Å². The maximum atomic E-state index is 11.8. The van der Waals surface area contributed by atoms with Gasteiger partial charge in [0.2, 0.25) is 10.0 Å². The van der Waals surface area contributed by atoms with E-state index < -0.39 is 10.0 Å². The van der Waals surface area contributed by atoms with Crippen LogP contribution in [0, 0.1) is 0 Å². The molecule has 1 rings (SSSR count). The summed E-state index contributed by atoms with van der Waals surface area (Å²) < 4.78 is 26.2. The molecule has 0 atom stereocenters. The van der Waals surface area contributed by atoms with Gasteiger partial charge < -0.3 is 10.6 Å². The molecule has 17 heavy (non-hydrogen) atoms. The van der Waals surface area contributed by atoms with E-state index in [9.17, 15) is 8.42 Å². The van der Waals surface area contributed by atoms with E-state index in [1.807, 2.05) is 19.0 Å². The molecular formula is C11H19N3O2S. The van der Waals surface area contributed by atoms with Crippen LogP contribution in [0.15, 0.2) is 29.2 Å². The minimum atomic E-state index is -3.43. The van der Waals surface area contributed by atoms with E-state index in [0.717, 1.165) is 13.0 Å². The maximum absolute atomic E-state index is 11.8. The molecule has 96 valence electrons. The molecule has 0 aliphatic carbocycles. The van der Waals surface area contributed by atoms with Gasteiger partial charge in [0.1, 0.15) is 0 Å². The van der Waals surface area contributed by atoms with Crippen molar-refractivity contribution in [3.05, 3.63) is 24.3 Å². The van der Waals surface area contributed by atoms with Gasteiger partial charge in [0, 0.05) is 12.2 Å². The molecule has 0 saturated heterocycles. The molecule has 0 spiro atoms. The van der Waals surface area contributed by atoms with Crippen LogP contribution < -0.4 is 10.5 Å². The predicted molar refractivity (Wildman–Crippen MR) is 69.2 cm³/mol. The van der Waals surface area contributed by atoms with Crippen molar-refractivity contribution in [3.8, 4) is 0 Å². The van der Waals surface area contributed by atoms with Crippen molar-refractivity contribution < 1.29 is 8.42 Å². The summed E-state index contributed by atoms with van der Waals surface area (Å²) in [5.41, 5.74) is 6.00. The van der Waals surface area contributed by atoms with Gasteiger partial charge in [-0.3, -0.25) is 0 Å². The summed E-state index contributed by atoms with van der Waals surface area (Å²) >= 11 is 0. The number of sulfonamides is 1. The normalized spacial score (nSPS) is 11.9. The van der Waals surface area contributed by atoms with Crippen LogP contribution in [0.5, 0.6) is 0 Å². The minimum absolute atomic E-state index is 0.211. The molecule has 0 aliphatic heterocycles. The van der Waals surface area contributed by atoms with Gasteiger partial charge in [0.05, 0.1) is 4.90 Å². The van der Waals surface area contributed by atoms with Gasteiger partial charge in [0.25, 0.3) is 0 Å². The van der Waals surface area contributed by atoms with Crippen LogP contribution in [0.3, 0.4) is 0 Å². The molecule has 0 radical (unpaired) electrons. The third kappa shape index (κ3) is 4.72. The van der Waals surface area contributed by atoms with Crippen LogP contribution in [0.4, 0.5) is 5.69 Å². The van der Waals surface area contributed by atoms with Gasteiger partial charge in [0.15, 0.2) is 0 Å². The highest BCUT2D eigenvalue weighted by Gasteiger charge is 2.12. The molecule has 5 nitrogen and oxygen atoms in total. The summed E-state index contributed by atoms with van der Waals surface area (Å²) in [5.74, 6) is 0. The number of nitrogens with two attached hydrogens (primary N) is 1. The molecule has 3 N–H and O–H groups in total. The highest BCUT2D eigenvalue weighted by atomic mass is 32.2. The van der Waals surface area contributed by atoms with Crippen LogP contribution in [0.25, 0.3) is 0 Å². The lowest BCUT2D eigenvalue weighted by molar-refractivity contribution is 0.400. The average molecular weight is 257 g/mol. The fraction of sp³-hybridized carbons (Fsp3) is 0.455. The monoisotopic (exact) mass is 257 g/mol. The van der Waals surface area contributed by atoms with Gasteiger partial charge in [-0.2, -0.15) is 0 Å². The second-order valence-corrected chi connectivity index (χ2v) is 5.89. The quantitative estimate of drug-likeness (QED) is 0.575. The van der Waals surface area contributed by atoms with Crippen molar-refractivity contribution in [2.45, 2.75) is 11.3 Å². The first kappa shape index (κ1) is 14.0. The van der Waals surface area contributed by atoms with E-state index in [2.05, 4.69) is 4.72 Å². The summed E-state index contributed by atoms with van der Waals surface area (Å²) in [4.78, 5) is 2.22. The Morgan fingerprint density at radius 2 is 2.06 bits per heavy atom. The Labute approximate surface area is 103 Å². The number of rotatable bonds is 6. The van der Waals surface area contributed by atoms with Crippen LogP contribution in [0.1, 0.15) is 6.42 Å². The fourth-order valence-corrected chi connectivity index (χ4v) is 2.50. The molecule has 0 aromatic heterocycles. The van der Waals surface area contributed by atoms with Crippen molar-refractivity contribution in [1.82, 2.24) is 9.62 Å². The lowest BCUT2D eigenvalue weighted by Crippen LogP contribution is -2.27. The number of nitrogens with zero attached hydrogens (tertiary/aromatic N) is 1. The zero-order valence-electron chi connectivity index (χ0n) is 10.2. The van der Waals surface area contributed by atoms with E-state index in [-0.39, 0.29) is 4.90 Å². The second kappa shape index (κ2) is 6.00. The Kier molecular flexibility index (Phi) is 4.92. The largest absolute Gasteiger partial charge is 0.399 e. The van der Waals surface area contributed by atoms with E-state index in [1.54, 1.807) is 12.1 Å². The summed E-state index contributed by atoms with van der Waals surface area (Å²) in [5, 5.41) is 0. The second-order valence-electron chi connectivity index (χ2n) is 4.13. The van der Waals surface area contributed by atoms with Gasteiger partial charge in [-0.25, -0.2) is 13.1 Å². The molecule has 0 unspecified atom stereocenters. The topological polar surface area (TPSA) is 75.4 Å². The SMILES string of the molecule is CN(C)CCCNS(=O)(=O)c1cccc(N)c1. The van der Waals surface area contributed by atoms with E-state index in [0.29, 0.717) is 12.2 Å². The molecule has 1 aromatic rings. The van der Waals surface area contributed by atoms with Gasteiger partial charge in [-0.1, -0.05) is 6.07 Å². The van der Waals surface area contributed by atoms with E-state index in [1.165, 1.54) is 12.1 Å². The lowest BCUT2D eigenvalue weighted by Gasteiger charge is -2.10. The number of hydrogen-bond acceptors (Lipinski definition) is 4. The molecule has 1 aromatic carbocycles. The van der Waals surface area contributed by atoms with Crippen molar-refractivity contribution in [3.63, 3.8) is 0 Å². The summed E-state index contributed by atoms with van der Waals surface area (Å²) in [6.07, 6.45) is 0.772. The standard InChI is InChI=1S/C11H19N3O2S/c1-14(2)8-4-7-13-17(15,16)11-6-3-5-10(12)9-11/h3,5-6,9,13H,4,7-8,12H2,1-2H3. The Morgan fingerprint density at radius 3 is 2.65 bits per heavy atom. The first-order chi connectivity index (χ1) is 7.92. The summed E-state index contributed by atoms with van der Waals surface area (Å²) in [6, 6.07) is 6.27. The Morgan fingerprint density at radius 1 is 1.35 bits per heavy atom. The number of benzene rings is 1. The Balaban J connectivity index is 2.57. The molecule has 0 fully saturated rings. The molecule has 0 saturated carbocycles. The lowest BCUT2D eigenvalue weighted by atomic mass is 10.3. The number of anilines is 1. The molecule has 0 heterocycles. The Bertz CT molecular complexity index is 458. The van der Waals surface area contributed by atoms with Crippen molar-refractivity contribution in [2.24, 2.45) is 0 Å². The molecule has 0 amide bonds. The zero-order valence-corrected chi connectivity index (χ0v) is 11.0. The predicted octanol–water partition coefficient (Wildman–Crippen LogP) is 0.499. The number of nitrogens with one attached hydrogen (secondary N) is 1. The van der Waals surface area contributed by atoms with Crippen molar-refractivity contribution in [1.29, 1.82) is 0 Å². The third-order valence-electron chi connectivity index (χ3n) is 2.24. The van der Waals surface area contributed by atoms with Crippen LogP contribution in [-0.4, -0.2) is 40.5 Å². The first-order valence-corrected chi connectivity index (χ1v) is 6.90. The Hall–Kier alpha value is -1.11. The van der Waals surface area contributed by atoms with E-state index in [4.69, 9.17) is 5.73 Å². The number of hydrogen-bond donors (Lipinski definition) is 2. The van der Waals surface area contributed by atoms with Crippen molar-refractivity contribution in [2.75, 3.05) is 32.9 Å². The van der Waals surface area contributed by atoms with Crippen molar-refractivity contribution >= 4 is 15.7 Å². The minimum Gasteiger partial charge on any atom is -0.399 e. The third-order valence-corrected chi connectivity index (χ3v) is 3.70. The fourth-order valence-electron chi connectivity index (χ4n) is 1.37. The highest BCUT2D eigenvalue weighted by molar-refractivity contribution is 7.89. The van der Waals surface area contributed by atoms with Crippen LogP contribution in [0.2, 0.25) is 0 Å². The molecular weight excluding hydrogens is 238 g/mol. The number of nitrogen functional groups attached to an aromatic ring is 1. The van der Waals surface area contributed by atoms with Gasteiger partial charge in [-0.15, -0.1) is 0 Å². The molecule has 0 aliphatic rings. The van der Waals surface area contributed by atoms with E-state index >= 15 is 0 Å². The average Bonchev–Trinajstić information content (AvgIpc) is 2.24. The maximum Gasteiger partial charge on any atom is 0.240 e. The summed E-state index contributed by atoms with van der Waals surface area (Å²) in [7, 11) is 0.472. The summed E-state index contributed by atoms with van der Waals surface area (Å²) in [6.45, 7) is 1.27. The zero-order chi connectivity index (χ0) is 12.9. The molecule has 6 heteroatoms. The van der Waals surface area contributed by atoms with Gasteiger partial charge in [-0.05, 0) is 45.3 Å². The molecule has 0 bridgehead atoms. The smallest absolute Gasteiger partial charge is 0.240 e. The van der Waals surface area contributed by atoms with Gasteiger partial charge >= 0.3 is 0 Å².